The molecule has 11 rings (SSSR count). The van der Waals surface area contributed by atoms with Crippen molar-refractivity contribution in [3.63, 3.8) is 0 Å². The molecule has 0 aliphatic carbocycles. The van der Waals surface area contributed by atoms with Gasteiger partial charge in [0.15, 0.2) is 8.07 Å². The van der Waals surface area contributed by atoms with Gasteiger partial charge in [0.2, 0.25) is 0 Å². The van der Waals surface area contributed by atoms with Crippen LogP contribution in [-0.4, -0.2) is 12.6 Å². The molecule has 1 aliphatic rings. The number of hydrogen-bond acceptors (Lipinski definition) is 0. The number of nitrogens with zero attached hydrogens (tertiary/aromatic N) is 1. The third kappa shape index (κ3) is 4.51. The first-order valence-electron chi connectivity index (χ1n) is 18.8. The minimum atomic E-state index is -2.64. The van der Waals surface area contributed by atoms with Crippen LogP contribution in [-0.2, 0) is 0 Å². The molecule has 0 spiro atoms. The van der Waals surface area contributed by atoms with Crippen molar-refractivity contribution in [1.82, 2.24) is 4.57 Å². The molecule has 0 fully saturated rings. The van der Waals surface area contributed by atoms with Crippen LogP contribution < -0.4 is 20.7 Å². The van der Waals surface area contributed by atoms with Gasteiger partial charge in [-0.2, -0.15) is 0 Å². The Bertz CT molecular complexity index is 3000. The fourth-order valence-corrected chi connectivity index (χ4v) is 14.6. The smallest absolute Gasteiger partial charge is 0.180 e. The number of fused-ring (bicyclic) bond motifs is 6. The first-order valence-corrected chi connectivity index (χ1v) is 20.8. The highest BCUT2D eigenvalue weighted by molar-refractivity contribution is 7.22. The van der Waals surface area contributed by atoms with E-state index in [-0.39, 0.29) is 0 Å². The molecule has 0 N–H and O–H groups in total. The summed E-state index contributed by atoms with van der Waals surface area (Å²) in [5, 5.41) is 12.0. The quantitative estimate of drug-likeness (QED) is 0.158. The van der Waals surface area contributed by atoms with Crippen molar-refractivity contribution in [1.29, 1.82) is 0 Å². The molecule has 0 radical (unpaired) electrons. The van der Waals surface area contributed by atoms with Crippen LogP contribution in [0.1, 0.15) is 0 Å². The van der Waals surface area contributed by atoms with Crippen LogP contribution in [0.5, 0.6) is 0 Å². The maximum atomic E-state index is 2.52. The molecule has 0 unspecified atom stereocenters. The van der Waals surface area contributed by atoms with Crippen molar-refractivity contribution in [2.75, 3.05) is 0 Å². The van der Waals surface area contributed by atoms with Crippen LogP contribution in [0.25, 0.3) is 71.5 Å². The Balaban J connectivity index is 1.20. The first kappa shape index (κ1) is 30.8. The van der Waals surface area contributed by atoms with E-state index in [1.54, 1.807) is 0 Å². The zero-order valence-corrected chi connectivity index (χ0v) is 30.7. The van der Waals surface area contributed by atoms with Crippen LogP contribution in [0.2, 0.25) is 0 Å². The molecular weight excluding hydrogens is 667 g/mol. The number of benzene rings is 9. The maximum absolute atomic E-state index is 2.64. The molecule has 1 nitrogen and oxygen atoms in total. The zero-order valence-electron chi connectivity index (χ0n) is 29.7. The topological polar surface area (TPSA) is 4.93 Å². The second kappa shape index (κ2) is 12.2. The summed E-state index contributed by atoms with van der Waals surface area (Å²) in [5.74, 6) is 0. The molecule has 0 saturated carbocycles. The molecular formula is C52H35NSi. The Hall–Kier alpha value is -6.74. The Labute approximate surface area is 316 Å². The zero-order chi connectivity index (χ0) is 35.6. The van der Waals surface area contributed by atoms with Crippen LogP contribution in [0.4, 0.5) is 0 Å². The molecule has 9 aromatic carbocycles. The summed E-state index contributed by atoms with van der Waals surface area (Å²) in [6.07, 6.45) is 2.39. The molecule has 54 heavy (non-hydrogen) atoms. The second-order valence-electron chi connectivity index (χ2n) is 14.5. The fourth-order valence-electron chi connectivity index (χ4n) is 9.35. The van der Waals surface area contributed by atoms with E-state index >= 15 is 0 Å². The van der Waals surface area contributed by atoms with Gasteiger partial charge in [0.25, 0.3) is 0 Å². The van der Waals surface area contributed by atoms with E-state index in [4.69, 9.17) is 0 Å². The molecule has 2 heterocycles. The third-order valence-corrected chi connectivity index (χ3v) is 16.6. The Morgan fingerprint density at radius 2 is 0.889 bits per heavy atom. The van der Waals surface area contributed by atoms with Gasteiger partial charge in [0, 0.05) is 22.8 Å². The highest BCUT2D eigenvalue weighted by Crippen LogP contribution is 2.40. The summed E-state index contributed by atoms with van der Waals surface area (Å²) in [5.41, 5.74) is 10.0. The van der Waals surface area contributed by atoms with Crippen molar-refractivity contribution in [2.24, 2.45) is 0 Å². The molecule has 0 bridgehead atoms. The lowest BCUT2D eigenvalue weighted by atomic mass is 9.94. The lowest BCUT2D eigenvalue weighted by Crippen LogP contribution is -2.72. The normalized spacial score (nSPS) is 13.0. The van der Waals surface area contributed by atoms with Crippen LogP contribution in [0, 0.1) is 0 Å². The van der Waals surface area contributed by atoms with Gasteiger partial charge in [-0.1, -0.05) is 182 Å². The average molecular weight is 702 g/mol. The summed E-state index contributed by atoms with van der Waals surface area (Å²) in [7, 11) is -2.64. The number of aromatic nitrogens is 1. The van der Waals surface area contributed by atoms with Gasteiger partial charge in [-0.05, 0) is 94.4 Å². The minimum absolute atomic E-state index is 1.18. The van der Waals surface area contributed by atoms with E-state index in [1.807, 2.05) is 0 Å². The predicted octanol–water partition coefficient (Wildman–Crippen LogP) is 10.6. The Kier molecular flexibility index (Phi) is 6.95. The molecule has 252 valence electrons. The lowest BCUT2D eigenvalue weighted by molar-refractivity contribution is 1.13. The van der Waals surface area contributed by atoms with E-state index in [0.717, 1.165) is 0 Å². The van der Waals surface area contributed by atoms with E-state index in [2.05, 4.69) is 217 Å². The standard InChI is InChI=1S/C52H35NSi/c1-3-19-40(20-4-1)54(41-21-5-2-6-22-41)51-28-12-11-25-46(51)47-31-30-39(34-52(47)54)53-35-49(45-27-14-18-37-16-8-10-24-43(37)45)48-33-38(29-32-50(48)53)44-26-13-17-36-15-7-9-23-42(36)44/h1-35H. The molecule has 0 atom stereocenters. The molecule has 1 aliphatic heterocycles. The van der Waals surface area contributed by atoms with Crippen LogP contribution >= 0.6 is 0 Å². The van der Waals surface area contributed by atoms with Crippen molar-refractivity contribution in [2.45, 2.75) is 0 Å². The predicted molar refractivity (Wildman–Crippen MR) is 232 cm³/mol. The van der Waals surface area contributed by atoms with Gasteiger partial charge in [-0.25, -0.2) is 0 Å². The van der Waals surface area contributed by atoms with E-state index in [9.17, 15) is 0 Å². The maximum Gasteiger partial charge on any atom is 0.180 e. The Morgan fingerprint density at radius 1 is 0.333 bits per heavy atom. The summed E-state index contributed by atoms with van der Waals surface area (Å²) in [4.78, 5) is 0. The minimum Gasteiger partial charge on any atom is -0.316 e. The molecule has 0 amide bonds. The van der Waals surface area contributed by atoms with Crippen molar-refractivity contribution in [3.8, 4) is 39.1 Å². The van der Waals surface area contributed by atoms with E-state index in [0.29, 0.717) is 0 Å². The van der Waals surface area contributed by atoms with Gasteiger partial charge < -0.3 is 4.57 Å². The monoisotopic (exact) mass is 701 g/mol. The summed E-state index contributed by atoms with van der Waals surface area (Å²) in [6.45, 7) is 0. The van der Waals surface area contributed by atoms with Crippen molar-refractivity contribution in [3.05, 3.63) is 212 Å². The fraction of sp³-hybridized carbons (Fsp3) is 0. The Morgan fingerprint density at radius 3 is 1.61 bits per heavy atom. The average Bonchev–Trinajstić information content (AvgIpc) is 3.77. The van der Waals surface area contributed by atoms with Crippen LogP contribution in [0.15, 0.2) is 212 Å². The molecule has 10 aromatic rings. The van der Waals surface area contributed by atoms with Gasteiger partial charge in [0.05, 0.1) is 5.52 Å². The van der Waals surface area contributed by atoms with E-state index < -0.39 is 8.07 Å². The van der Waals surface area contributed by atoms with Gasteiger partial charge in [-0.15, -0.1) is 0 Å². The summed E-state index contributed by atoms with van der Waals surface area (Å²) in [6, 6.07) is 76.8. The SMILES string of the molecule is c1ccc([Si]2(c3ccccc3)c3ccccc3-c3ccc(-n4cc(-c5cccc6ccccc56)c5cc(-c6cccc7ccccc67)ccc54)cc32)cc1. The van der Waals surface area contributed by atoms with Crippen LogP contribution in [0.3, 0.4) is 0 Å². The van der Waals surface area contributed by atoms with Gasteiger partial charge >= 0.3 is 0 Å². The van der Waals surface area contributed by atoms with Crippen molar-refractivity contribution < 1.29 is 0 Å². The summed E-state index contributed by atoms with van der Waals surface area (Å²) < 4.78 is 2.44. The van der Waals surface area contributed by atoms with E-state index in [1.165, 1.54) is 92.3 Å². The van der Waals surface area contributed by atoms with Crippen molar-refractivity contribution >= 4 is 61.3 Å². The molecule has 0 saturated heterocycles. The highest BCUT2D eigenvalue weighted by Gasteiger charge is 2.48. The molecule has 1 aromatic heterocycles. The summed E-state index contributed by atoms with van der Waals surface area (Å²) >= 11 is 0. The lowest BCUT2D eigenvalue weighted by Gasteiger charge is -2.31. The molecule has 2 heteroatoms. The second-order valence-corrected chi connectivity index (χ2v) is 18.2. The van der Waals surface area contributed by atoms with Gasteiger partial charge in [0.1, 0.15) is 0 Å². The largest absolute Gasteiger partial charge is 0.316 e. The van der Waals surface area contributed by atoms with Gasteiger partial charge in [-0.3, -0.25) is 0 Å². The third-order valence-electron chi connectivity index (χ3n) is 11.7. The number of hydrogen-bond donors (Lipinski definition) is 0. The first-order chi connectivity index (χ1) is 26.8. The number of rotatable bonds is 5. The highest BCUT2D eigenvalue weighted by atomic mass is 28.3.